The van der Waals surface area contributed by atoms with Crippen LogP contribution in [-0.2, 0) is 0 Å². The summed E-state index contributed by atoms with van der Waals surface area (Å²) in [6, 6.07) is 16.5. The lowest BCUT2D eigenvalue weighted by atomic mass is 9.96. The summed E-state index contributed by atoms with van der Waals surface area (Å²) in [5.41, 5.74) is 7.82. The molecule has 1 heterocycles. The van der Waals surface area contributed by atoms with Crippen molar-refractivity contribution in [3.8, 4) is 16.9 Å². The van der Waals surface area contributed by atoms with Gasteiger partial charge < -0.3 is 5.32 Å². The Bertz CT molecular complexity index is 994. The minimum atomic E-state index is -0.386. The topological polar surface area (TPSA) is 101 Å². The fraction of sp³-hybridized carbons (Fsp3) is 0.273. The molecule has 0 radical (unpaired) electrons. The summed E-state index contributed by atoms with van der Waals surface area (Å²) in [5.74, 6) is -0.385. The number of hydrazine groups is 1. The number of urea groups is 1. The van der Waals surface area contributed by atoms with Crippen LogP contribution < -0.4 is 16.2 Å². The molecule has 30 heavy (non-hydrogen) atoms. The molecule has 1 aliphatic carbocycles. The van der Waals surface area contributed by atoms with Crippen LogP contribution >= 0.6 is 0 Å². The Kier molecular flexibility index (Phi) is 6.03. The second kappa shape index (κ2) is 9.21. The monoisotopic (exact) mass is 404 g/mol. The zero-order valence-electron chi connectivity index (χ0n) is 16.5. The highest BCUT2D eigenvalue weighted by molar-refractivity contribution is 5.95. The molecule has 3 N–H and O–H groups in total. The number of aromatic nitrogens is 3. The minimum absolute atomic E-state index is 0.179. The van der Waals surface area contributed by atoms with Gasteiger partial charge >= 0.3 is 6.03 Å². The number of rotatable bonds is 4. The standard InChI is InChI=1S/C22H24N6O2/c29-21(25-26-22(30)23-18-9-5-2-6-10-18)17-11-13-19(14-12-17)28-15-20(24-27-28)16-7-3-1-4-8-16/h1,3-4,7-8,11-15,18H,2,5-6,9-10H2,(H,25,29)(H2,23,26,30). The summed E-state index contributed by atoms with van der Waals surface area (Å²) in [6.45, 7) is 0. The lowest BCUT2D eigenvalue weighted by molar-refractivity contribution is 0.0935. The van der Waals surface area contributed by atoms with Gasteiger partial charge in [-0.25, -0.2) is 14.9 Å². The Morgan fingerprint density at radius 2 is 1.63 bits per heavy atom. The molecule has 0 atom stereocenters. The fourth-order valence-corrected chi connectivity index (χ4v) is 3.55. The maximum atomic E-state index is 12.3. The number of hydrogen-bond donors (Lipinski definition) is 3. The lowest BCUT2D eigenvalue weighted by Gasteiger charge is -2.22. The van der Waals surface area contributed by atoms with Crippen LogP contribution in [0, 0.1) is 0 Å². The smallest absolute Gasteiger partial charge is 0.333 e. The predicted octanol–water partition coefficient (Wildman–Crippen LogP) is 3.21. The Balaban J connectivity index is 1.32. The number of nitrogens with one attached hydrogen (secondary N) is 3. The van der Waals surface area contributed by atoms with E-state index in [1.807, 2.05) is 36.5 Å². The van der Waals surface area contributed by atoms with Crippen LogP contribution in [0.3, 0.4) is 0 Å². The number of nitrogens with zero attached hydrogens (tertiary/aromatic N) is 3. The summed E-state index contributed by atoms with van der Waals surface area (Å²) >= 11 is 0. The number of hydrogen-bond acceptors (Lipinski definition) is 4. The van der Waals surface area contributed by atoms with E-state index in [4.69, 9.17) is 0 Å². The Hall–Kier alpha value is -3.68. The first-order chi connectivity index (χ1) is 14.7. The van der Waals surface area contributed by atoms with Gasteiger partial charge in [0.15, 0.2) is 0 Å². The van der Waals surface area contributed by atoms with Crippen LogP contribution in [0.4, 0.5) is 4.79 Å². The van der Waals surface area contributed by atoms with E-state index in [-0.39, 0.29) is 18.0 Å². The van der Waals surface area contributed by atoms with E-state index < -0.39 is 0 Å². The molecule has 2 aromatic carbocycles. The van der Waals surface area contributed by atoms with E-state index in [1.54, 1.807) is 28.9 Å². The molecule has 1 saturated carbocycles. The number of carbonyl (C=O) groups is 2. The van der Waals surface area contributed by atoms with E-state index in [9.17, 15) is 9.59 Å². The Morgan fingerprint density at radius 3 is 2.37 bits per heavy atom. The number of carbonyl (C=O) groups excluding carboxylic acids is 2. The van der Waals surface area contributed by atoms with Gasteiger partial charge in [-0.05, 0) is 37.1 Å². The zero-order valence-corrected chi connectivity index (χ0v) is 16.5. The lowest BCUT2D eigenvalue weighted by Crippen LogP contribution is -2.50. The van der Waals surface area contributed by atoms with Crippen molar-refractivity contribution < 1.29 is 9.59 Å². The van der Waals surface area contributed by atoms with Gasteiger partial charge in [-0.2, -0.15) is 0 Å². The normalized spacial score (nSPS) is 14.1. The van der Waals surface area contributed by atoms with Gasteiger partial charge in [-0.1, -0.05) is 54.8 Å². The van der Waals surface area contributed by atoms with Gasteiger partial charge in [0.25, 0.3) is 5.91 Å². The van der Waals surface area contributed by atoms with Gasteiger partial charge in [0.05, 0.1) is 11.9 Å². The highest BCUT2D eigenvalue weighted by Gasteiger charge is 2.16. The molecule has 0 aliphatic heterocycles. The van der Waals surface area contributed by atoms with Gasteiger partial charge in [0.2, 0.25) is 0 Å². The molecular weight excluding hydrogens is 380 g/mol. The van der Waals surface area contributed by atoms with Crippen molar-refractivity contribution in [2.24, 2.45) is 0 Å². The van der Waals surface area contributed by atoms with Crippen molar-refractivity contribution in [3.63, 3.8) is 0 Å². The van der Waals surface area contributed by atoms with Crippen molar-refractivity contribution in [1.29, 1.82) is 0 Å². The van der Waals surface area contributed by atoms with E-state index in [0.717, 1.165) is 42.6 Å². The third kappa shape index (κ3) is 4.83. The molecule has 0 unspecified atom stereocenters. The van der Waals surface area contributed by atoms with Crippen LogP contribution in [0.15, 0.2) is 60.8 Å². The third-order valence-electron chi connectivity index (χ3n) is 5.19. The quantitative estimate of drug-likeness (QED) is 0.581. The van der Waals surface area contributed by atoms with Crippen molar-refractivity contribution in [2.75, 3.05) is 0 Å². The van der Waals surface area contributed by atoms with E-state index >= 15 is 0 Å². The summed E-state index contributed by atoms with van der Waals surface area (Å²) < 4.78 is 1.65. The largest absolute Gasteiger partial charge is 0.334 e. The molecule has 8 heteroatoms. The first-order valence-corrected chi connectivity index (χ1v) is 10.1. The number of benzene rings is 2. The van der Waals surface area contributed by atoms with Crippen LogP contribution in [0.5, 0.6) is 0 Å². The van der Waals surface area contributed by atoms with Gasteiger partial charge in [-0.15, -0.1) is 5.10 Å². The zero-order chi connectivity index (χ0) is 20.8. The fourth-order valence-electron chi connectivity index (χ4n) is 3.55. The summed E-state index contributed by atoms with van der Waals surface area (Å²) in [5, 5.41) is 11.2. The summed E-state index contributed by atoms with van der Waals surface area (Å²) in [4.78, 5) is 24.2. The maximum Gasteiger partial charge on any atom is 0.333 e. The van der Waals surface area contributed by atoms with Gasteiger partial charge in [0, 0.05) is 17.2 Å². The highest BCUT2D eigenvalue weighted by Crippen LogP contribution is 2.18. The van der Waals surface area contributed by atoms with E-state index in [2.05, 4.69) is 26.5 Å². The molecule has 3 amide bonds. The SMILES string of the molecule is O=C(NNC(=O)c1ccc(-n2cc(-c3ccccc3)nn2)cc1)NC1CCCCC1. The first-order valence-electron chi connectivity index (χ1n) is 10.1. The summed E-state index contributed by atoms with van der Waals surface area (Å²) in [7, 11) is 0. The second-order valence-corrected chi connectivity index (χ2v) is 7.35. The third-order valence-corrected chi connectivity index (χ3v) is 5.19. The maximum absolute atomic E-state index is 12.3. The van der Waals surface area contributed by atoms with Crippen LogP contribution in [0.25, 0.3) is 16.9 Å². The number of amides is 3. The molecular formula is C22H24N6O2. The molecule has 0 bridgehead atoms. The summed E-state index contributed by atoms with van der Waals surface area (Å²) in [6.07, 6.45) is 7.27. The molecule has 4 rings (SSSR count). The van der Waals surface area contributed by atoms with Crippen molar-refractivity contribution in [3.05, 3.63) is 66.4 Å². The van der Waals surface area contributed by atoms with Gasteiger partial charge in [-0.3, -0.25) is 10.2 Å². The molecule has 0 saturated heterocycles. The van der Waals surface area contributed by atoms with E-state index in [0.29, 0.717) is 5.56 Å². The van der Waals surface area contributed by atoms with Crippen molar-refractivity contribution in [1.82, 2.24) is 31.2 Å². The minimum Gasteiger partial charge on any atom is -0.334 e. The highest BCUT2D eigenvalue weighted by atomic mass is 16.2. The van der Waals surface area contributed by atoms with Crippen LogP contribution in [0.1, 0.15) is 42.5 Å². The Morgan fingerprint density at radius 1 is 0.900 bits per heavy atom. The van der Waals surface area contributed by atoms with Crippen molar-refractivity contribution in [2.45, 2.75) is 38.1 Å². The average molecular weight is 404 g/mol. The molecule has 8 nitrogen and oxygen atoms in total. The molecule has 1 fully saturated rings. The van der Waals surface area contributed by atoms with Crippen molar-refractivity contribution >= 4 is 11.9 Å². The van der Waals surface area contributed by atoms with E-state index in [1.165, 1.54) is 6.42 Å². The molecule has 0 spiro atoms. The second-order valence-electron chi connectivity index (χ2n) is 7.35. The van der Waals surface area contributed by atoms with Crippen LogP contribution in [0.2, 0.25) is 0 Å². The molecule has 1 aromatic heterocycles. The molecule has 154 valence electrons. The Labute approximate surface area is 174 Å². The van der Waals surface area contributed by atoms with Gasteiger partial charge in [0.1, 0.15) is 5.69 Å². The first kappa shape index (κ1) is 19.6. The molecule has 1 aliphatic rings. The van der Waals surface area contributed by atoms with Crippen LogP contribution in [-0.4, -0.2) is 33.0 Å². The average Bonchev–Trinajstić information content (AvgIpc) is 3.29. The predicted molar refractivity (Wildman–Crippen MR) is 113 cm³/mol. The molecule has 3 aromatic rings.